The molecule has 0 atom stereocenters. The van der Waals surface area contributed by atoms with Crippen LogP contribution < -0.4 is 10.1 Å². The van der Waals surface area contributed by atoms with Gasteiger partial charge < -0.3 is 15.2 Å². The topological polar surface area (TPSA) is 41.5 Å². The molecule has 25 heavy (non-hydrogen) atoms. The van der Waals surface area contributed by atoms with E-state index in [0.29, 0.717) is 31.7 Å². The summed E-state index contributed by atoms with van der Waals surface area (Å²) in [5.41, 5.74) is 0.304. The fourth-order valence-corrected chi connectivity index (χ4v) is 3.08. The molecule has 0 aromatic heterocycles. The number of nitrogens with one attached hydrogen (secondary N) is 1. The van der Waals surface area contributed by atoms with Gasteiger partial charge in [-0.3, -0.25) is 0 Å². The summed E-state index contributed by atoms with van der Waals surface area (Å²) in [5, 5.41) is 12.0. The Labute approximate surface area is 154 Å². The van der Waals surface area contributed by atoms with E-state index in [9.17, 15) is 8.78 Å². The van der Waals surface area contributed by atoms with Crippen LogP contribution in [-0.4, -0.2) is 18.3 Å². The molecule has 1 saturated carbocycles. The molecule has 3 nitrogen and oxygen atoms in total. The average molecular weight is 412 g/mol. The zero-order chi connectivity index (χ0) is 17.9. The normalized spacial score (nSPS) is 15.2. The van der Waals surface area contributed by atoms with E-state index in [1.165, 1.54) is 6.07 Å². The maximum atomic E-state index is 14.2. The van der Waals surface area contributed by atoms with Gasteiger partial charge in [0.2, 0.25) is 0 Å². The highest BCUT2D eigenvalue weighted by Crippen LogP contribution is 2.50. The molecule has 2 N–H and O–H groups in total. The molecule has 0 unspecified atom stereocenters. The van der Waals surface area contributed by atoms with Crippen LogP contribution in [0.5, 0.6) is 5.75 Å². The Morgan fingerprint density at radius 2 is 2.00 bits per heavy atom. The minimum Gasteiger partial charge on any atom is -0.489 e. The summed E-state index contributed by atoms with van der Waals surface area (Å²) in [7, 11) is 0. The van der Waals surface area contributed by atoms with Crippen molar-refractivity contribution in [2.24, 2.45) is 0 Å². The monoisotopic (exact) mass is 411 g/mol. The average Bonchev–Trinajstić information content (AvgIpc) is 3.34. The number of aliphatic hydroxyl groups is 1. The Balaban J connectivity index is 1.71. The lowest BCUT2D eigenvalue weighted by molar-refractivity contribution is 0.286. The standard InChI is InChI=1S/C19H20BrF2NO2/c20-15-2-4-18(14(10-15)11-23-7-8-24)25-12-13-1-3-17(21)16(9-13)19(22)5-6-19/h1-4,9-10,23-24H,5-8,11-12H2. The highest BCUT2D eigenvalue weighted by molar-refractivity contribution is 9.10. The van der Waals surface area contributed by atoms with E-state index in [1.54, 1.807) is 12.1 Å². The second-order valence-corrected chi connectivity index (χ2v) is 7.14. The van der Waals surface area contributed by atoms with Crippen LogP contribution in [0.3, 0.4) is 0 Å². The fourth-order valence-electron chi connectivity index (χ4n) is 2.67. The van der Waals surface area contributed by atoms with Gasteiger partial charge in [0, 0.05) is 28.7 Å². The third-order valence-corrected chi connectivity index (χ3v) is 4.72. The first-order chi connectivity index (χ1) is 12.0. The molecule has 0 saturated heterocycles. The van der Waals surface area contributed by atoms with Crippen molar-refractivity contribution >= 4 is 15.9 Å². The summed E-state index contributed by atoms with van der Waals surface area (Å²) >= 11 is 3.43. The largest absolute Gasteiger partial charge is 0.489 e. The predicted octanol–water partition coefficient (Wildman–Crippen LogP) is 4.21. The summed E-state index contributed by atoms with van der Waals surface area (Å²) in [5.74, 6) is 0.196. The lowest BCUT2D eigenvalue weighted by Crippen LogP contribution is -2.18. The van der Waals surface area contributed by atoms with Crippen molar-refractivity contribution < 1.29 is 18.6 Å². The van der Waals surface area contributed by atoms with Gasteiger partial charge in [-0.15, -0.1) is 0 Å². The van der Waals surface area contributed by atoms with Crippen molar-refractivity contribution in [3.05, 3.63) is 63.4 Å². The van der Waals surface area contributed by atoms with Gasteiger partial charge in [0.25, 0.3) is 0 Å². The molecule has 1 fully saturated rings. The van der Waals surface area contributed by atoms with Crippen LogP contribution in [0.25, 0.3) is 0 Å². The van der Waals surface area contributed by atoms with E-state index in [4.69, 9.17) is 9.84 Å². The fraction of sp³-hybridized carbons (Fsp3) is 0.368. The zero-order valence-electron chi connectivity index (χ0n) is 13.7. The number of hydrogen-bond donors (Lipinski definition) is 2. The number of halogens is 3. The van der Waals surface area contributed by atoms with Crippen molar-refractivity contribution in [3.63, 3.8) is 0 Å². The molecule has 0 spiro atoms. The molecule has 1 aliphatic carbocycles. The summed E-state index contributed by atoms with van der Waals surface area (Å²) in [6.07, 6.45) is 0.753. The van der Waals surface area contributed by atoms with Gasteiger partial charge in [0.15, 0.2) is 0 Å². The Bertz CT molecular complexity index is 750. The van der Waals surface area contributed by atoms with Gasteiger partial charge >= 0.3 is 0 Å². The van der Waals surface area contributed by atoms with Gasteiger partial charge in [-0.2, -0.15) is 0 Å². The number of benzene rings is 2. The second-order valence-electron chi connectivity index (χ2n) is 6.22. The van der Waals surface area contributed by atoms with Gasteiger partial charge in [-0.25, -0.2) is 8.78 Å². The minimum absolute atomic E-state index is 0.0630. The minimum atomic E-state index is -1.50. The maximum absolute atomic E-state index is 14.2. The zero-order valence-corrected chi connectivity index (χ0v) is 15.3. The molecule has 1 aliphatic rings. The number of aliphatic hydroxyl groups excluding tert-OH is 1. The van der Waals surface area contributed by atoms with Crippen LogP contribution in [-0.2, 0) is 18.8 Å². The van der Waals surface area contributed by atoms with E-state index in [2.05, 4.69) is 21.2 Å². The van der Waals surface area contributed by atoms with Crippen LogP contribution >= 0.6 is 15.9 Å². The Morgan fingerprint density at radius 1 is 1.20 bits per heavy atom. The van der Waals surface area contributed by atoms with Crippen molar-refractivity contribution in [2.45, 2.75) is 31.7 Å². The number of alkyl halides is 1. The lowest BCUT2D eigenvalue weighted by atomic mass is 10.0. The first-order valence-corrected chi connectivity index (χ1v) is 9.02. The molecular formula is C19H20BrF2NO2. The molecule has 0 aliphatic heterocycles. The van der Waals surface area contributed by atoms with Crippen LogP contribution in [0.2, 0.25) is 0 Å². The Hall–Kier alpha value is -1.50. The highest BCUT2D eigenvalue weighted by Gasteiger charge is 2.46. The van der Waals surface area contributed by atoms with Crippen molar-refractivity contribution in [3.8, 4) is 5.75 Å². The van der Waals surface area contributed by atoms with E-state index in [1.807, 2.05) is 18.2 Å². The third kappa shape index (κ3) is 4.57. The molecule has 0 heterocycles. The van der Waals surface area contributed by atoms with Crippen molar-refractivity contribution in [2.75, 3.05) is 13.2 Å². The molecule has 3 rings (SSSR count). The lowest BCUT2D eigenvalue weighted by Gasteiger charge is -2.14. The Kier molecular flexibility index (Phi) is 5.71. The van der Waals surface area contributed by atoms with Crippen LogP contribution in [0.4, 0.5) is 8.78 Å². The van der Waals surface area contributed by atoms with Gasteiger partial charge in [-0.1, -0.05) is 22.0 Å². The van der Waals surface area contributed by atoms with Crippen LogP contribution in [0, 0.1) is 5.82 Å². The summed E-state index contributed by atoms with van der Waals surface area (Å²) in [4.78, 5) is 0. The molecule has 0 radical (unpaired) electrons. The van der Waals surface area contributed by atoms with Gasteiger partial charge in [0.05, 0.1) is 6.61 Å². The molecule has 2 aromatic carbocycles. The smallest absolute Gasteiger partial charge is 0.139 e. The SMILES string of the molecule is OCCNCc1cc(Br)ccc1OCc1ccc(F)c(C2(F)CC2)c1. The molecule has 134 valence electrons. The van der Waals surface area contributed by atoms with Crippen LogP contribution in [0.1, 0.15) is 29.5 Å². The van der Waals surface area contributed by atoms with E-state index in [0.717, 1.165) is 15.6 Å². The van der Waals surface area contributed by atoms with Gasteiger partial charge in [0.1, 0.15) is 23.8 Å². The summed E-state index contributed by atoms with van der Waals surface area (Å²) in [6, 6.07) is 10.2. The van der Waals surface area contributed by atoms with E-state index < -0.39 is 11.5 Å². The molecular weight excluding hydrogens is 392 g/mol. The second kappa shape index (κ2) is 7.81. The third-order valence-electron chi connectivity index (χ3n) is 4.22. The van der Waals surface area contributed by atoms with Crippen LogP contribution in [0.15, 0.2) is 40.9 Å². The molecule has 2 aromatic rings. The van der Waals surface area contributed by atoms with Crippen molar-refractivity contribution in [1.82, 2.24) is 5.32 Å². The maximum Gasteiger partial charge on any atom is 0.139 e. The summed E-state index contributed by atoms with van der Waals surface area (Å²) < 4.78 is 34.8. The van der Waals surface area contributed by atoms with Crippen molar-refractivity contribution in [1.29, 1.82) is 0 Å². The van der Waals surface area contributed by atoms with Gasteiger partial charge in [-0.05, 0) is 48.7 Å². The number of ether oxygens (including phenoxy) is 1. The Morgan fingerprint density at radius 3 is 2.72 bits per heavy atom. The molecule has 0 amide bonds. The number of hydrogen-bond acceptors (Lipinski definition) is 3. The van der Waals surface area contributed by atoms with E-state index in [-0.39, 0.29) is 18.8 Å². The highest BCUT2D eigenvalue weighted by atomic mass is 79.9. The molecule has 0 bridgehead atoms. The first kappa shape index (κ1) is 18.3. The predicted molar refractivity (Wildman–Crippen MR) is 95.7 cm³/mol. The molecule has 6 heteroatoms. The number of rotatable bonds is 8. The summed E-state index contributed by atoms with van der Waals surface area (Å²) in [6.45, 7) is 1.34. The van der Waals surface area contributed by atoms with E-state index >= 15 is 0 Å². The quantitative estimate of drug-likeness (QED) is 0.639. The first-order valence-electron chi connectivity index (χ1n) is 8.22.